The molecule has 0 bridgehead atoms. The molecule has 0 aromatic heterocycles. The Morgan fingerprint density at radius 3 is 2.83 bits per heavy atom. The van der Waals surface area contributed by atoms with E-state index in [1.54, 1.807) is 24.3 Å². The minimum Gasteiger partial charge on any atom is -0.388 e. The van der Waals surface area contributed by atoms with E-state index in [0.717, 1.165) is 19.1 Å². The molecule has 0 amide bonds. The van der Waals surface area contributed by atoms with E-state index < -0.39 is 11.8 Å². The van der Waals surface area contributed by atoms with Crippen LogP contribution in [0.1, 0.15) is 42.1 Å². The molecule has 3 N–H and O–H groups in total. The Balaban J connectivity index is 3.01. The van der Waals surface area contributed by atoms with Gasteiger partial charge in [-0.1, -0.05) is 38.0 Å². The van der Waals surface area contributed by atoms with Crippen LogP contribution >= 0.6 is 0 Å². The Morgan fingerprint density at radius 2 is 2.28 bits per heavy atom. The molecule has 0 spiro atoms. The summed E-state index contributed by atoms with van der Waals surface area (Å²) in [7, 11) is 1.46. The summed E-state index contributed by atoms with van der Waals surface area (Å²) in [6.07, 6.45) is 2.36. The summed E-state index contributed by atoms with van der Waals surface area (Å²) >= 11 is 0. The van der Waals surface area contributed by atoms with E-state index >= 15 is 0 Å². The molecule has 2 atom stereocenters. The Hall–Kier alpha value is -1.23. The monoisotopic (exact) mass is 251 g/mol. The van der Waals surface area contributed by atoms with Gasteiger partial charge in [0, 0.05) is 18.2 Å². The number of rotatable bonds is 7. The molecule has 0 unspecified atom stereocenters. The van der Waals surface area contributed by atoms with Crippen LogP contribution in [0, 0.1) is 0 Å². The molecule has 0 saturated carbocycles. The summed E-state index contributed by atoms with van der Waals surface area (Å²) in [4.78, 5) is 10.8. The molecule has 1 aromatic carbocycles. The number of aldehydes is 1. The molecule has 0 aliphatic carbocycles. The Bertz CT molecular complexity index is 394. The first kappa shape index (κ1) is 14.8. The fourth-order valence-corrected chi connectivity index (χ4v) is 1.91. The van der Waals surface area contributed by atoms with Crippen molar-refractivity contribution in [2.75, 3.05) is 7.11 Å². The number of unbranched alkanes of at least 4 members (excludes halogenated alkanes) is 1. The third-order valence-corrected chi connectivity index (χ3v) is 3.14. The normalized spacial score (nSPS) is 16.0. The van der Waals surface area contributed by atoms with Crippen LogP contribution in [0.15, 0.2) is 24.3 Å². The van der Waals surface area contributed by atoms with Crippen LogP contribution in [0.25, 0.3) is 0 Å². The molecule has 100 valence electrons. The summed E-state index contributed by atoms with van der Waals surface area (Å²) in [6, 6.07) is 6.81. The quantitative estimate of drug-likeness (QED) is 0.572. The molecule has 0 aliphatic rings. The fourth-order valence-electron chi connectivity index (χ4n) is 1.91. The molecule has 1 aromatic rings. The van der Waals surface area contributed by atoms with Crippen molar-refractivity contribution in [2.24, 2.45) is 5.73 Å². The maximum absolute atomic E-state index is 10.8. The van der Waals surface area contributed by atoms with Gasteiger partial charge < -0.3 is 9.84 Å². The highest BCUT2D eigenvalue weighted by Crippen LogP contribution is 2.26. The number of aliphatic hydroxyl groups is 1. The lowest BCUT2D eigenvalue weighted by molar-refractivity contribution is -0.108. The Kier molecular flexibility index (Phi) is 5.47. The first-order chi connectivity index (χ1) is 8.58. The molecule has 0 fully saturated rings. The summed E-state index contributed by atoms with van der Waals surface area (Å²) < 4.78 is 5.29. The van der Waals surface area contributed by atoms with Crippen molar-refractivity contribution in [1.29, 1.82) is 0 Å². The van der Waals surface area contributed by atoms with Crippen molar-refractivity contribution in [2.45, 2.75) is 38.0 Å². The van der Waals surface area contributed by atoms with Crippen LogP contribution in [0.3, 0.4) is 0 Å². The largest absolute Gasteiger partial charge is 0.388 e. The van der Waals surface area contributed by atoms with Gasteiger partial charge in [-0.2, -0.15) is 0 Å². The Labute approximate surface area is 108 Å². The van der Waals surface area contributed by atoms with Gasteiger partial charge in [-0.25, -0.2) is 0 Å². The zero-order valence-corrected chi connectivity index (χ0v) is 10.9. The van der Waals surface area contributed by atoms with E-state index in [4.69, 9.17) is 10.5 Å². The van der Waals surface area contributed by atoms with Crippen molar-refractivity contribution in [3.63, 3.8) is 0 Å². The molecular formula is C14H21NO3. The number of aliphatic hydroxyl groups excluding tert-OH is 1. The standard InChI is InChI=1S/C14H21NO3/c1-3-4-8-13(17)14(15,18-2)12-7-5-6-11(9-12)10-16/h5-7,9-10,13,17H,3-4,8,15H2,1-2H3/t13-,14-/m0/s1. The summed E-state index contributed by atoms with van der Waals surface area (Å²) in [5.41, 5.74) is 5.99. The molecule has 4 nitrogen and oxygen atoms in total. The van der Waals surface area contributed by atoms with Crippen molar-refractivity contribution in [3.8, 4) is 0 Å². The molecule has 0 heterocycles. The van der Waals surface area contributed by atoms with Crippen LogP contribution < -0.4 is 5.73 Å². The van der Waals surface area contributed by atoms with Gasteiger partial charge in [0.15, 0.2) is 5.72 Å². The molecule has 0 saturated heterocycles. The second-order valence-electron chi connectivity index (χ2n) is 4.40. The van der Waals surface area contributed by atoms with Gasteiger partial charge in [0.05, 0.1) is 0 Å². The Morgan fingerprint density at radius 1 is 1.56 bits per heavy atom. The average molecular weight is 251 g/mol. The van der Waals surface area contributed by atoms with Crippen LogP contribution in [0.5, 0.6) is 0 Å². The SMILES string of the molecule is CCCC[C@H](O)[C@@](N)(OC)c1cccc(C=O)c1. The number of carbonyl (C=O) groups excluding carboxylic acids is 1. The number of methoxy groups -OCH3 is 1. The van der Waals surface area contributed by atoms with Gasteiger partial charge in [0.2, 0.25) is 0 Å². The molecule has 0 radical (unpaired) electrons. The minimum absolute atomic E-state index is 0.516. The zero-order chi connectivity index (χ0) is 13.6. The molecule has 0 aliphatic heterocycles. The van der Waals surface area contributed by atoms with E-state index in [1.165, 1.54) is 7.11 Å². The smallest absolute Gasteiger partial charge is 0.168 e. The van der Waals surface area contributed by atoms with Crippen molar-refractivity contribution < 1.29 is 14.6 Å². The zero-order valence-electron chi connectivity index (χ0n) is 10.9. The lowest BCUT2D eigenvalue weighted by Gasteiger charge is -2.33. The first-order valence-corrected chi connectivity index (χ1v) is 6.16. The predicted molar refractivity (Wildman–Crippen MR) is 70.2 cm³/mol. The molecule has 18 heavy (non-hydrogen) atoms. The second kappa shape index (κ2) is 6.64. The second-order valence-corrected chi connectivity index (χ2v) is 4.40. The third kappa shape index (κ3) is 3.16. The maximum atomic E-state index is 10.8. The van der Waals surface area contributed by atoms with Crippen LogP contribution in [0.2, 0.25) is 0 Å². The van der Waals surface area contributed by atoms with E-state index in [1.807, 2.05) is 6.92 Å². The molecule has 4 heteroatoms. The van der Waals surface area contributed by atoms with Crippen molar-refractivity contribution in [1.82, 2.24) is 0 Å². The van der Waals surface area contributed by atoms with Gasteiger partial charge in [0.25, 0.3) is 0 Å². The average Bonchev–Trinajstić information content (AvgIpc) is 2.43. The van der Waals surface area contributed by atoms with Crippen molar-refractivity contribution in [3.05, 3.63) is 35.4 Å². The highest BCUT2D eigenvalue weighted by Gasteiger charge is 2.35. The number of benzene rings is 1. The number of ether oxygens (including phenoxy) is 1. The maximum Gasteiger partial charge on any atom is 0.168 e. The highest BCUT2D eigenvalue weighted by molar-refractivity contribution is 5.75. The first-order valence-electron chi connectivity index (χ1n) is 6.16. The molecular weight excluding hydrogens is 230 g/mol. The summed E-state index contributed by atoms with van der Waals surface area (Å²) in [5, 5.41) is 10.2. The van der Waals surface area contributed by atoms with Gasteiger partial charge in [-0.15, -0.1) is 0 Å². The minimum atomic E-state index is -1.27. The highest BCUT2D eigenvalue weighted by atomic mass is 16.5. The van der Waals surface area contributed by atoms with E-state index in [2.05, 4.69) is 0 Å². The third-order valence-electron chi connectivity index (χ3n) is 3.14. The fraction of sp³-hybridized carbons (Fsp3) is 0.500. The van der Waals surface area contributed by atoms with Gasteiger partial charge in [-0.05, 0) is 12.5 Å². The van der Waals surface area contributed by atoms with E-state index in [9.17, 15) is 9.90 Å². The number of carbonyl (C=O) groups is 1. The summed E-state index contributed by atoms with van der Waals surface area (Å²) in [5.74, 6) is 0. The number of hydrogen-bond donors (Lipinski definition) is 2. The van der Waals surface area contributed by atoms with Gasteiger partial charge >= 0.3 is 0 Å². The molecule has 1 rings (SSSR count). The van der Waals surface area contributed by atoms with Gasteiger partial charge in [-0.3, -0.25) is 10.5 Å². The van der Waals surface area contributed by atoms with E-state index in [0.29, 0.717) is 17.5 Å². The topological polar surface area (TPSA) is 72.6 Å². The lowest BCUT2D eigenvalue weighted by atomic mass is 9.93. The number of nitrogens with two attached hydrogens (primary N) is 1. The van der Waals surface area contributed by atoms with Crippen LogP contribution in [-0.4, -0.2) is 24.6 Å². The van der Waals surface area contributed by atoms with E-state index in [-0.39, 0.29) is 0 Å². The van der Waals surface area contributed by atoms with Crippen molar-refractivity contribution >= 4 is 6.29 Å². The van der Waals surface area contributed by atoms with Crippen LogP contribution in [-0.2, 0) is 10.5 Å². The number of hydrogen-bond acceptors (Lipinski definition) is 4. The summed E-state index contributed by atoms with van der Waals surface area (Å²) in [6.45, 7) is 2.05. The lowest BCUT2D eigenvalue weighted by Crippen LogP contribution is -2.49. The van der Waals surface area contributed by atoms with Gasteiger partial charge in [0.1, 0.15) is 12.4 Å². The predicted octanol–water partition coefficient (Wildman–Crippen LogP) is 1.81. The van der Waals surface area contributed by atoms with Crippen LogP contribution in [0.4, 0.5) is 0 Å².